The molecule has 0 atom stereocenters. The van der Waals surface area contributed by atoms with Gasteiger partial charge >= 0.3 is 10.8 Å². The van der Waals surface area contributed by atoms with Gasteiger partial charge in [0, 0.05) is 22.8 Å². The van der Waals surface area contributed by atoms with Crippen molar-refractivity contribution >= 4 is 33.2 Å². The predicted molar refractivity (Wildman–Crippen MR) is 78.6 cm³/mol. The summed E-state index contributed by atoms with van der Waals surface area (Å²) in [6, 6.07) is 7.69. The Kier molecular flexibility index (Phi) is 4.55. The van der Waals surface area contributed by atoms with Crippen LogP contribution < -0.4 is 4.87 Å². The lowest BCUT2D eigenvalue weighted by atomic mass is 10.2. The summed E-state index contributed by atoms with van der Waals surface area (Å²) in [4.78, 5) is 22.2. The molecule has 4 nitrogen and oxygen atoms in total. The zero-order chi connectivity index (χ0) is 13.8. The quantitative estimate of drug-likeness (QED) is 0.908. The van der Waals surface area contributed by atoms with Crippen LogP contribution in [-0.4, -0.2) is 15.6 Å². The third-order valence-corrected chi connectivity index (χ3v) is 3.99. The average molecular weight is 342 g/mol. The first-order valence-corrected chi connectivity index (χ1v) is 7.41. The van der Waals surface area contributed by atoms with Crippen molar-refractivity contribution in [2.75, 3.05) is 0 Å². The number of rotatable bonds is 5. The number of carbonyl (C=O) groups is 1. The molecule has 1 heterocycles. The second-order valence-electron chi connectivity index (χ2n) is 4.04. The molecule has 1 N–H and O–H groups in total. The topological polar surface area (TPSA) is 59.3 Å². The van der Waals surface area contributed by atoms with E-state index in [0.717, 1.165) is 27.1 Å². The first kappa shape index (κ1) is 14.0. The number of benzene rings is 1. The molecule has 0 aliphatic heterocycles. The maximum Gasteiger partial charge on any atom is 0.307 e. The van der Waals surface area contributed by atoms with Crippen molar-refractivity contribution in [3.8, 4) is 11.3 Å². The van der Waals surface area contributed by atoms with Crippen molar-refractivity contribution in [1.82, 2.24) is 4.57 Å². The summed E-state index contributed by atoms with van der Waals surface area (Å²) in [5, 5.41) is 10.5. The van der Waals surface area contributed by atoms with Crippen molar-refractivity contribution in [2.45, 2.75) is 19.4 Å². The van der Waals surface area contributed by atoms with Gasteiger partial charge in [-0.15, -0.1) is 0 Å². The van der Waals surface area contributed by atoms with E-state index in [4.69, 9.17) is 5.11 Å². The second-order valence-corrected chi connectivity index (χ2v) is 5.78. The minimum Gasteiger partial charge on any atom is -0.481 e. The van der Waals surface area contributed by atoms with Crippen molar-refractivity contribution in [2.24, 2.45) is 0 Å². The maximum atomic E-state index is 11.8. The molecule has 0 saturated carbocycles. The van der Waals surface area contributed by atoms with Gasteiger partial charge in [0.2, 0.25) is 0 Å². The average Bonchev–Trinajstić information content (AvgIpc) is 2.72. The molecule has 1 aromatic carbocycles. The summed E-state index contributed by atoms with van der Waals surface area (Å²) < 4.78 is 2.61. The van der Waals surface area contributed by atoms with Crippen LogP contribution in [0.5, 0.6) is 0 Å². The molecule has 0 saturated heterocycles. The molecule has 0 amide bonds. The van der Waals surface area contributed by atoms with Gasteiger partial charge in [-0.05, 0) is 24.1 Å². The van der Waals surface area contributed by atoms with E-state index in [-0.39, 0.29) is 11.3 Å². The smallest absolute Gasteiger partial charge is 0.307 e. The zero-order valence-corrected chi connectivity index (χ0v) is 12.4. The van der Waals surface area contributed by atoms with Crippen LogP contribution in [0.15, 0.2) is 38.9 Å². The Hall–Kier alpha value is -1.40. The van der Waals surface area contributed by atoms with Crippen LogP contribution in [0.25, 0.3) is 11.3 Å². The van der Waals surface area contributed by atoms with Crippen LogP contribution in [0.3, 0.4) is 0 Å². The van der Waals surface area contributed by atoms with Crippen LogP contribution in [-0.2, 0) is 11.3 Å². The molecule has 100 valence electrons. The van der Waals surface area contributed by atoms with E-state index >= 15 is 0 Å². The molecular weight excluding hydrogens is 330 g/mol. The normalized spacial score (nSPS) is 10.6. The summed E-state index contributed by atoms with van der Waals surface area (Å²) in [6.45, 7) is 0.431. The Bertz CT molecular complexity index is 630. The van der Waals surface area contributed by atoms with Gasteiger partial charge in [-0.25, -0.2) is 0 Å². The molecule has 0 aliphatic carbocycles. The lowest BCUT2D eigenvalue weighted by Gasteiger charge is -2.07. The summed E-state index contributed by atoms with van der Waals surface area (Å²) >= 11 is 4.51. The number of hydrogen-bond donors (Lipinski definition) is 1. The molecule has 2 aromatic rings. The highest BCUT2D eigenvalue weighted by molar-refractivity contribution is 9.10. The largest absolute Gasteiger partial charge is 0.481 e. The molecule has 0 radical (unpaired) electrons. The number of nitrogens with zero attached hydrogens (tertiary/aromatic N) is 1. The van der Waals surface area contributed by atoms with Crippen molar-refractivity contribution in [3.05, 3.63) is 43.8 Å². The Morgan fingerprint density at radius 3 is 2.63 bits per heavy atom. The van der Waals surface area contributed by atoms with Gasteiger partial charge in [0.25, 0.3) is 0 Å². The summed E-state index contributed by atoms with van der Waals surface area (Å²) in [6.07, 6.45) is 0.525. The number of carboxylic acids is 1. The number of carboxylic acid groups (broad SMARTS) is 1. The van der Waals surface area contributed by atoms with Gasteiger partial charge in [0.05, 0.1) is 5.69 Å². The maximum absolute atomic E-state index is 11.8. The summed E-state index contributed by atoms with van der Waals surface area (Å²) in [7, 11) is 0. The Morgan fingerprint density at radius 2 is 2.00 bits per heavy atom. The van der Waals surface area contributed by atoms with Gasteiger partial charge < -0.3 is 5.11 Å². The van der Waals surface area contributed by atoms with Crippen LogP contribution in [0.1, 0.15) is 12.8 Å². The van der Waals surface area contributed by atoms with Gasteiger partial charge in [0.15, 0.2) is 0 Å². The fourth-order valence-corrected chi connectivity index (χ4v) is 2.83. The number of hydrogen-bond acceptors (Lipinski definition) is 3. The minimum absolute atomic E-state index is 0.0525. The molecule has 0 spiro atoms. The van der Waals surface area contributed by atoms with E-state index < -0.39 is 5.97 Å². The lowest BCUT2D eigenvalue weighted by molar-refractivity contribution is -0.137. The SMILES string of the molecule is O=C(O)CCCn1c(-c2ccc(Br)cc2)csc1=O. The predicted octanol–water partition coefficient (Wildman–Crippen LogP) is 3.20. The van der Waals surface area contributed by atoms with Gasteiger partial charge in [-0.1, -0.05) is 39.4 Å². The minimum atomic E-state index is -0.839. The first-order valence-electron chi connectivity index (χ1n) is 5.74. The van der Waals surface area contributed by atoms with E-state index in [1.54, 1.807) is 4.57 Å². The summed E-state index contributed by atoms with van der Waals surface area (Å²) in [5.41, 5.74) is 1.80. The third kappa shape index (κ3) is 3.54. The molecule has 1 aromatic heterocycles. The van der Waals surface area contributed by atoms with E-state index in [1.807, 2.05) is 29.6 Å². The highest BCUT2D eigenvalue weighted by Gasteiger charge is 2.09. The molecule has 19 heavy (non-hydrogen) atoms. The number of aliphatic carboxylic acids is 1. The third-order valence-electron chi connectivity index (χ3n) is 2.69. The zero-order valence-electron chi connectivity index (χ0n) is 10.0. The lowest BCUT2D eigenvalue weighted by Crippen LogP contribution is -2.15. The molecule has 0 aliphatic rings. The number of thiazole rings is 1. The van der Waals surface area contributed by atoms with Gasteiger partial charge in [-0.2, -0.15) is 0 Å². The van der Waals surface area contributed by atoms with Gasteiger partial charge in [0.1, 0.15) is 0 Å². The van der Waals surface area contributed by atoms with Crippen LogP contribution in [0.4, 0.5) is 0 Å². The number of halogens is 1. The van der Waals surface area contributed by atoms with Crippen LogP contribution >= 0.6 is 27.3 Å². The Morgan fingerprint density at radius 1 is 1.32 bits per heavy atom. The molecule has 2 rings (SSSR count). The standard InChI is InChI=1S/C13H12BrNO3S/c14-10-5-3-9(4-6-10)11-8-19-13(18)15(11)7-1-2-12(16)17/h3-6,8H,1-2,7H2,(H,16,17). The molecule has 6 heteroatoms. The molecule has 0 bridgehead atoms. The van der Waals surface area contributed by atoms with E-state index in [0.29, 0.717) is 13.0 Å². The summed E-state index contributed by atoms with van der Waals surface area (Å²) in [5.74, 6) is -0.839. The monoisotopic (exact) mass is 341 g/mol. The Labute approximate surface area is 122 Å². The second kappa shape index (κ2) is 6.16. The fraction of sp³-hybridized carbons (Fsp3) is 0.231. The van der Waals surface area contributed by atoms with Crippen molar-refractivity contribution in [1.29, 1.82) is 0 Å². The highest BCUT2D eigenvalue weighted by Crippen LogP contribution is 2.22. The fourth-order valence-electron chi connectivity index (χ4n) is 1.78. The molecular formula is C13H12BrNO3S. The van der Waals surface area contributed by atoms with E-state index in [1.165, 1.54) is 0 Å². The van der Waals surface area contributed by atoms with E-state index in [9.17, 15) is 9.59 Å². The molecule has 0 fully saturated rings. The number of aromatic nitrogens is 1. The first-order chi connectivity index (χ1) is 9.08. The Balaban J connectivity index is 2.24. The molecule has 0 unspecified atom stereocenters. The van der Waals surface area contributed by atoms with Crippen molar-refractivity contribution < 1.29 is 9.90 Å². The van der Waals surface area contributed by atoms with E-state index in [2.05, 4.69) is 15.9 Å². The van der Waals surface area contributed by atoms with Crippen LogP contribution in [0, 0.1) is 0 Å². The van der Waals surface area contributed by atoms with Crippen molar-refractivity contribution in [3.63, 3.8) is 0 Å². The van der Waals surface area contributed by atoms with Gasteiger partial charge in [-0.3, -0.25) is 14.2 Å². The highest BCUT2D eigenvalue weighted by atomic mass is 79.9. The van der Waals surface area contributed by atoms with Crippen LogP contribution in [0.2, 0.25) is 0 Å².